The molecule has 2 heteroatoms. The molecule has 0 aromatic heterocycles. The summed E-state index contributed by atoms with van der Waals surface area (Å²) in [5.74, 6) is 0. The Morgan fingerprint density at radius 3 is 2.17 bits per heavy atom. The third kappa shape index (κ3) is 5.19. The molecule has 2 nitrogen and oxygen atoms in total. The van der Waals surface area contributed by atoms with E-state index < -0.39 is 0 Å². The fourth-order valence-electron chi connectivity index (χ4n) is 1.80. The number of rotatable bonds is 5. The van der Waals surface area contributed by atoms with E-state index in [1.165, 1.54) is 11.1 Å². The molecule has 102 valence electrons. The minimum Gasteiger partial charge on any atom is -0.372 e. The second-order valence-corrected chi connectivity index (χ2v) is 6.37. The first kappa shape index (κ1) is 15.2. The van der Waals surface area contributed by atoms with Crippen LogP contribution in [0.5, 0.6) is 0 Å². The van der Waals surface area contributed by atoms with E-state index in [9.17, 15) is 0 Å². The third-order valence-electron chi connectivity index (χ3n) is 3.03. The van der Waals surface area contributed by atoms with Gasteiger partial charge in [0.1, 0.15) is 0 Å². The van der Waals surface area contributed by atoms with Gasteiger partial charge in [0.15, 0.2) is 0 Å². The molecule has 0 aliphatic rings. The topological polar surface area (TPSA) is 35.2 Å². The molecule has 1 rings (SSSR count). The summed E-state index contributed by atoms with van der Waals surface area (Å²) < 4.78 is 5.98. The summed E-state index contributed by atoms with van der Waals surface area (Å²) in [7, 11) is 0. The Morgan fingerprint density at radius 1 is 1.17 bits per heavy atom. The Balaban J connectivity index is 2.63. The fraction of sp³-hybridized carbons (Fsp3) is 0.625. The van der Waals surface area contributed by atoms with E-state index in [0.29, 0.717) is 5.41 Å². The van der Waals surface area contributed by atoms with Crippen LogP contribution < -0.4 is 5.73 Å². The van der Waals surface area contributed by atoms with Crippen LogP contribution in [-0.4, -0.2) is 12.6 Å². The highest BCUT2D eigenvalue weighted by molar-refractivity contribution is 5.24. The number of hydrogen-bond acceptors (Lipinski definition) is 2. The van der Waals surface area contributed by atoms with Crippen LogP contribution in [0.1, 0.15) is 51.3 Å². The summed E-state index contributed by atoms with van der Waals surface area (Å²) in [6.07, 6.45) is 1.04. The molecule has 0 spiro atoms. The molecule has 0 bridgehead atoms. The molecule has 2 atom stereocenters. The first-order chi connectivity index (χ1) is 8.29. The van der Waals surface area contributed by atoms with Crippen molar-refractivity contribution in [1.82, 2.24) is 0 Å². The van der Waals surface area contributed by atoms with Crippen molar-refractivity contribution in [2.24, 2.45) is 11.1 Å². The van der Waals surface area contributed by atoms with Crippen molar-refractivity contribution in [1.29, 1.82) is 0 Å². The number of benzene rings is 1. The molecule has 2 N–H and O–H groups in total. The average molecular weight is 249 g/mol. The molecule has 1 aromatic carbocycles. The summed E-state index contributed by atoms with van der Waals surface area (Å²) in [5.41, 5.74) is 8.76. The van der Waals surface area contributed by atoms with Crippen LogP contribution in [0.4, 0.5) is 0 Å². The third-order valence-corrected chi connectivity index (χ3v) is 3.03. The van der Waals surface area contributed by atoms with Crippen molar-refractivity contribution in [2.45, 2.75) is 53.2 Å². The van der Waals surface area contributed by atoms with Crippen molar-refractivity contribution < 1.29 is 4.74 Å². The zero-order valence-corrected chi connectivity index (χ0v) is 12.4. The van der Waals surface area contributed by atoms with Crippen LogP contribution in [0.3, 0.4) is 0 Å². The van der Waals surface area contributed by atoms with Crippen molar-refractivity contribution in [2.75, 3.05) is 6.61 Å². The average Bonchev–Trinajstić information content (AvgIpc) is 2.24. The standard InChI is InChI=1S/C16H27NO/c1-12-6-8-14(9-7-12)15(13(2)17)18-11-10-16(3,4)5/h6-9,13,15H,10-11,17H2,1-5H3. The van der Waals surface area contributed by atoms with Gasteiger partial charge in [-0.15, -0.1) is 0 Å². The maximum atomic E-state index is 6.03. The van der Waals surface area contributed by atoms with Crippen molar-refractivity contribution in [3.8, 4) is 0 Å². The molecule has 18 heavy (non-hydrogen) atoms. The number of aryl methyl sites for hydroxylation is 1. The second-order valence-electron chi connectivity index (χ2n) is 6.37. The molecular formula is C16H27NO. The minimum atomic E-state index is -0.00653. The molecule has 2 unspecified atom stereocenters. The van der Waals surface area contributed by atoms with Gasteiger partial charge in [-0.1, -0.05) is 50.6 Å². The first-order valence-electron chi connectivity index (χ1n) is 6.73. The first-order valence-corrected chi connectivity index (χ1v) is 6.73. The molecule has 0 saturated heterocycles. The normalized spacial score (nSPS) is 15.4. The van der Waals surface area contributed by atoms with E-state index in [-0.39, 0.29) is 12.1 Å². The zero-order chi connectivity index (χ0) is 13.8. The Kier molecular flexibility index (Phi) is 5.36. The predicted molar refractivity (Wildman–Crippen MR) is 77.6 cm³/mol. The lowest BCUT2D eigenvalue weighted by atomic mass is 9.93. The van der Waals surface area contributed by atoms with Gasteiger partial charge in [0.2, 0.25) is 0 Å². The molecule has 0 heterocycles. The van der Waals surface area contributed by atoms with Gasteiger partial charge in [-0.05, 0) is 31.2 Å². The SMILES string of the molecule is Cc1ccc(C(OCCC(C)(C)C)C(C)N)cc1. The van der Waals surface area contributed by atoms with E-state index in [1.807, 2.05) is 6.92 Å². The van der Waals surface area contributed by atoms with E-state index in [2.05, 4.69) is 52.0 Å². The largest absolute Gasteiger partial charge is 0.372 e. The molecule has 0 radical (unpaired) electrons. The van der Waals surface area contributed by atoms with E-state index in [1.54, 1.807) is 0 Å². The van der Waals surface area contributed by atoms with Gasteiger partial charge >= 0.3 is 0 Å². The lowest BCUT2D eigenvalue weighted by Crippen LogP contribution is -2.28. The van der Waals surface area contributed by atoms with Crippen LogP contribution in [-0.2, 0) is 4.74 Å². The number of hydrogen-bond donors (Lipinski definition) is 1. The van der Waals surface area contributed by atoms with Crippen LogP contribution in [0.15, 0.2) is 24.3 Å². The Labute approximate surface area is 112 Å². The minimum absolute atomic E-state index is 0.00653. The molecule has 0 amide bonds. The van der Waals surface area contributed by atoms with Gasteiger partial charge in [-0.25, -0.2) is 0 Å². The maximum Gasteiger partial charge on any atom is 0.0972 e. The Morgan fingerprint density at radius 2 is 1.72 bits per heavy atom. The van der Waals surface area contributed by atoms with Gasteiger partial charge in [0.05, 0.1) is 6.10 Å². The fourth-order valence-corrected chi connectivity index (χ4v) is 1.80. The maximum absolute atomic E-state index is 6.03. The summed E-state index contributed by atoms with van der Waals surface area (Å²) in [6, 6.07) is 8.45. The highest BCUT2D eigenvalue weighted by atomic mass is 16.5. The summed E-state index contributed by atoms with van der Waals surface area (Å²) >= 11 is 0. The monoisotopic (exact) mass is 249 g/mol. The number of nitrogens with two attached hydrogens (primary N) is 1. The van der Waals surface area contributed by atoms with Gasteiger partial charge < -0.3 is 10.5 Å². The lowest BCUT2D eigenvalue weighted by Gasteiger charge is -2.25. The lowest BCUT2D eigenvalue weighted by molar-refractivity contribution is 0.0241. The van der Waals surface area contributed by atoms with E-state index in [0.717, 1.165) is 13.0 Å². The summed E-state index contributed by atoms with van der Waals surface area (Å²) in [6.45, 7) is 11.5. The molecule has 0 fully saturated rings. The van der Waals surface area contributed by atoms with Crippen LogP contribution in [0.25, 0.3) is 0 Å². The van der Waals surface area contributed by atoms with Gasteiger partial charge in [-0.3, -0.25) is 0 Å². The quantitative estimate of drug-likeness (QED) is 0.860. The highest BCUT2D eigenvalue weighted by Crippen LogP contribution is 2.24. The molecule has 0 saturated carbocycles. The van der Waals surface area contributed by atoms with E-state index >= 15 is 0 Å². The summed E-state index contributed by atoms with van der Waals surface area (Å²) in [5, 5.41) is 0. The van der Waals surface area contributed by atoms with Crippen LogP contribution in [0.2, 0.25) is 0 Å². The van der Waals surface area contributed by atoms with Crippen molar-refractivity contribution in [3.63, 3.8) is 0 Å². The molecular weight excluding hydrogens is 222 g/mol. The van der Waals surface area contributed by atoms with Gasteiger partial charge in [-0.2, -0.15) is 0 Å². The highest BCUT2D eigenvalue weighted by Gasteiger charge is 2.18. The molecule has 0 aliphatic carbocycles. The number of ether oxygens (including phenoxy) is 1. The van der Waals surface area contributed by atoms with E-state index in [4.69, 9.17) is 10.5 Å². The Hall–Kier alpha value is -0.860. The van der Waals surface area contributed by atoms with Crippen molar-refractivity contribution in [3.05, 3.63) is 35.4 Å². The zero-order valence-electron chi connectivity index (χ0n) is 12.4. The molecule has 1 aromatic rings. The Bertz CT molecular complexity index is 348. The van der Waals surface area contributed by atoms with Gasteiger partial charge in [0, 0.05) is 12.6 Å². The molecule has 0 aliphatic heterocycles. The van der Waals surface area contributed by atoms with Crippen molar-refractivity contribution >= 4 is 0 Å². The predicted octanol–water partition coefficient (Wildman–Crippen LogP) is 3.84. The van der Waals surface area contributed by atoms with Gasteiger partial charge in [0.25, 0.3) is 0 Å². The smallest absolute Gasteiger partial charge is 0.0972 e. The summed E-state index contributed by atoms with van der Waals surface area (Å²) in [4.78, 5) is 0. The second kappa shape index (κ2) is 6.35. The van der Waals surface area contributed by atoms with Crippen LogP contribution >= 0.6 is 0 Å². The van der Waals surface area contributed by atoms with Crippen LogP contribution in [0, 0.1) is 12.3 Å².